The van der Waals surface area contributed by atoms with Gasteiger partial charge in [-0.25, -0.2) is 0 Å². The van der Waals surface area contributed by atoms with Crippen molar-refractivity contribution in [3.05, 3.63) is 47.1 Å². The van der Waals surface area contributed by atoms with Gasteiger partial charge in [0.25, 0.3) is 0 Å². The Morgan fingerprint density at radius 2 is 1.84 bits per heavy atom. The molecule has 1 aromatic carbocycles. The molecule has 0 unspecified atom stereocenters. The van der Waals surface area contributed by atoms with Crippen molar-refractivity contribution in [3.8, 4) is 0 Å². The van der Waals surface area contributed by atoms with Crippen molar-refractivity contribution in [2.24, 2.45) is 0 Å². The van der Waals surface area contributed by atoms with Crippen molar-refractivity contribution >= 4 is 24.1 Å². The molecule has 25 heavy (non-hydrogen) atoms. The molecule has 0 amide bonds. The van der Waals surface area contributed by atoms with Gasteiger partial charge in [-0.3, -0.25) is 4.98 Å². The van der Waals surface area contributed by atoms with E-state index in [-0.39, 0.29) is 18.3 Å². The molecule has 3 rings (SSSR count). The number of likely N-dealkylation sites (N-methyl/N-ethyl adjacent to an activating group) is 1. The Balaban J connectivity index is 2.00. The fraction of sp³-hybridized carbons (Fsp3) is 0.450. The maximum absolute atomic E-state index is 6.23. The van der Waals surface area contributed by atoms with Gasteiger partial charge in [0, 0.05) is 18.1 Å². The van der Waals surface area contributed by atoms with E-state index in [1.165, 1.54) is 5.56 Å². The van der Waals surface area contributed by atoms with Crippen LogP contribution in [0.5, 0.6) is 0 Å². The standard InChI is InChI=1S/C20H27BN2O2/c1-14-16(10-9-15-8-7-11-23-18(14)15)12-17(13-22-6)21-24-19(2,3)20(4,5)25-21/h7-12,22H,13H2,1-6H3. The Kier molecular flexibility index (Phi) is 4.75. The Hall–Kier alpha value is -1.69. The Bertz CT molecular complexity index is 798. The summed E-state index contributed by atoms with van der Waals surface area (Å²) in [4.78, 5) is 4.53. The van der Waals surface area contributed by atoms with Gasteiger partial charge in [0.1, 0.15) is 0 Å². The predicted octanol–water partition coefficient (Wildman–Crippen LogP) is 3.78. The molecule has 132 valence electrons. The van der Waals surface area contributed by atoms with E-state index >= 15 is 0 Å². The van der Waals surface area contributed by atoms with Crippen LogP contribution in [0.25, 0.3) is 17.0 Å². The number of aryl methyl sites for hydroxylation is 1. The molecule has 0 spiro atoms. The molecule has 1 fully saturated rings. The van der Waals surface area contributed by atoms with Gasteiger partial charge >= 0.3 is 7.12 Å². The maximum Gasteiger partial charge on any atom is 0.491 e. The number of aromatic nitrogens is 1. The van der Waals surface area contributed by atoms with E-state index < -0.39 is 0 Å². The molecule has 1 aromatic heterocycles. The number of hydrogen-bond donors (Lipinski definition) is 1. The Labute approximate surface area is 150 Å². The molecule has 0 atom stereocenters. The van der Waals surface area contributed by atoms with Gasteiger partial charge in [0.15, 0.2) is 0 Å². The fourth-order valence-electron chi connectivity index (χ4n) is 3.06. The topological polar surface area (TPSA) is 43.4 Å². The van der Waals surface area contributed by atoms with Crippen LogP contribution in [0, 0.1) is 6.92 Å². The number of fused-ring (bicyclic) bond motifs is 1. The second kappa shape index (κ2) is 6.56. The van der Waals surface area contributed by atoms with Crippen molar-refractivity contribution in [1.29, 1.82) is 0 Å². The van der Waals surface area contributed by atoms with Crippen LogP contribution in [0.2, 0.25) is 0 Å². The fourth-order valence-corrected chi connectivity index (χ4v) is 3.06. The highest BCUT2D eigenvalue weighted by Gasteiger charge is 2.52. The molecule has 0 saturated carbocycles. The highest BCUT2D eigenvalue weighted by molar-refractivity contribution is 6.56. The summed E-state index contributed by atoms with van der Waals surface area (Å²) in [7, 11) is 1.59. The molecule has 2 heterocycles. The largest absolute Gasteiger partial charge is 0.491 e. The smallest absolute Gasteiger partial charge is 0.400 e. The number of nitrogens with zero attached hydrogens (tertiary/aromatic N) is 1. The molecular formula is C20H27BN2O2. The van der Waals surface area contributed by atoms with Crippen molar-refractivity contribution in [3.63, 3.8) is 0 Å². The first-order valence-electron chi connectivity index (χ1n) is 8.80. The van der Waals surface area contributed by atoms with Crippen molar-refractivity contribution in [2.45, 2.75) is 45.8 Å². The molecule has 0 aliphatic carbocycles. The first kappa shape index (κ1) is 18.1. The van der Waals surface area contributed by atoms with Crippen LogP contribution < -0.4 is 5.32 Å². The van der Waals surface area contributed by atoms with E-state index in [2.05, 4.69) is 69.2 Å². The lowest BCUT2D eigenvalue weighted by atomic mass is 9.76. The second-order valence-corrected chi connectivity index (χ2v) is 7.69. The summed E-state index contributed by atoms with van der Waals surface area (Å²) in [6, 6.07) is 8.31. The van der Waals surface area contributed by atoms with E-state index in [0.29, 0.717) is 6.54 Å². The van der Waals surface area contributed by atoms with E-state index in [4.69, 9.17) is 9.31 Å². The summed E-state index contributed by atoms with van der Waals surface area (Å²) in [5, 5.41) is 4.39. The molecule has 1 N–H and O–H groups in total. The predicted molar refractivity (Wildman–Crippen MR) is 104 cm³/mol. The maximum atomic E-state index is 6.23. The quantitative estimate of drug-likeness (QED) is 0.862. The summed E-state index contributed by atoms with van der Waals surface area (Å²) >= 11 is 0. The summed E-state index contributed by atoms with van der Waals surface area (Å²) < 4.78 is 12.5. The summed E-state index contributed by atoms with van der Waals surface area (Å²) in [6.45, 7) is 11.1. The molecule has 1 saturated heterocycles. The average molecular weight is 338 g/mol. The van der Waals surface area contributed by atoms with Crippen LogP contribution in [0.1, 0.15) is 38.8 Å². The minimum atomic E-state index is -0.351. The molecule has 1 aliphatic rings. The van der Waals surface area contributed by atoms with Crippen molar-refractivity contribution in [1.82, 2.24) is 10.3 Å². The second-order valence-electron chi connectivity index (χ2n) is 7.69. The zero-order chi connectivity index (χ0) is 18.2. The van der Waals surface area contributed by atoms with Crippen LogP contribution in [-0.4, -0.2) is 36.9 Å². The van der Waals surface area contributed by atoms with Gasteiger partial charge in [0.2, 0.25) is 0 Å². The minimum absolute atomic E-state index is 0.343. The molecule has 1 aliphatic heterocycles. The summed E-state index contributed by atoms with van der Waals surface area (Å²) in [5.74, 6) is 0. The molecule has 4 nitrogen and oxygen atoms in total. The van der Waals surface area contributed by atoms with E-state index in [0.717, 1.165) is 21.9 Å². The minimum Gasteiger partial charge on any atom is -0.400 e. The first-order valence-corrected chi connectivity index (χ1v) is 8.80. The molecule has 0 radical (unpaired) electrons. The summed E-state index contributed by atoms with van der Waals surface area (Å²) in [5.41, 5.74) is 3.75. The van der Waals surface area contributed by atoms with E-state index in [1.54, 1.807) is 0 Å². The first-order chi connectivity index (χ1) is 11.7. The lowest BCUT2D eigenvalue weighted by molar-refractivity contribution is 0.00578. The Morgan fingerprint density at radius 3 is 2.48 bits per heavy atom. The third-order valence-corrected chi connectivity index (χ3v) is 5.35. The zero-order valence-corrected chi connectivity index (χ0v) is 16.0. The highest BCUT2D eigenvalue weighted by Crippen LogP contribution is 2.39. The Morgan fingerprint density at radius 1 is 1.16 bits per heavy atom. The number of nitrogens with one attached hydrogen (secondary N) is 1. The van der Waals surface area contributed by atoms with E-state index in [1.807, 2.05) is 19.3 Å². The average Bonchev–Trinajstić information content (AvgIpc) is 2.77. The zero-order valence-electron chi connectivity index (χ0n) is 16.0. The van der Waals surface area contributed by atoms with Crippen molar-refractivity contribution < 1.29 is 9.31 Å². The van der Waals surface area contributed by atoms with Gasteiger partial charge in [-0.2, -0.15) is 0 Å². The van der Waals surface area contributed by atoms with Gasteiger partial charge in [-0.1, -0.05) is 24.3 Å². The van der Waals surface area contributed by atoms with Crippen molar-refractivity contribution in [2.75, 3.05) is 13.6 Å². The van der Waals surface area contributed by atoms with Crippen LogP contribution in [0.15, 0.2) is 35.9 Å². The summed E-state index contributed by atoms with van der Waals surface area (Å²) in [6.07, 6.45) is 4.01. The number of rotatable bonds is 4. The van der Waals surface area contributed by atoms with Crippen LogP contribution in [-0.2, 0) is 9.31 Å². The van der Waals surface area contributed by atoms with Crippen LogP contribution >= 0.6 is 0 Å². The van der Waals surface area contributed by atoms with Gasteiger partial charge < -0.3 is 14.6 Å². The third-order valence-electron chi connectivity index (χ3n) is 5.35. The highest BCUT2D eigenvalue weighted by atomic mass is 16.7. The third kappa shape index (κ3) is 3.36. The van der Waals surface area contributed by atoms with E-state index in [9.17, 15) is 0 Å². The monoisotopic (exact) mass is 338 g/mol. The molecule has 2 aromatic rings. The normalized spacial score (nSPS) is 19.6. The number of pyridine rings is 1. The molecule has 5 heteroatoms. The molecular weight excluding hydrogens is 311 g/mol. The van der Waals surface area contributed by atoms with Gasteiger partial charge in [0.05, 0.1) is 16.7 Å². The lowest BCUT2D eigenvalue weighted by Gasteiger charge is -2.32. The lowest BCUT2D eigenvalue weighted by Crippen LogP contribution is -2.41. The number of hydrogen-bond acceptors (Lipinski definition) is 4. The SMILES string of the molecule is CNCC(=Cc1ccc2cccnc2c1C)B1OC(C)(C)C(C)(C)O1. The van der Waals surface area contributed by atoms with Crippen LogP contribution in [0.3, 0.4) is 0 Å². The number of benzene rings is 1. The van der Waals surface area contributed by atoms with Gasteiger partial charge in [-0.05, 0) is 64.3 Å². The van der Waals surface area contributed by atoms with Crippen LogP contribution in [0.4, 0.5) is 0 Å². The van der Waals surface area contributed by atoms with Gasteiger partial charge in [-0.15, -0.1) is 0 Å². The molecule has 0 bridgehead atoms.